The van der Waals surface area contributed by atoms with E-state index >= 15 is 0 Å². The zero-order valence-electron chi connectivity index (χ0n) is 11.4. The van der Waals surface area contributed by atoms with Gasteiger partial charge in [0.2, 0.25) is 0 Å². The molecule has 19 heavy (non-hydrogen) atoms. The third-order valence-electron chi connectivity index (χ3n) is 3.82. The molecular weight excluding hydrogens is 256 g/mol. The van der Waals surface area contributed by atoms with E-state index in [1.807, 2.05) is 12.1 Å². The number of aryl methyl sites for hydroxylation is 1. The molecule has 0 radical (unpaired) electrons. The highest BCUT2D eigenvalue weighted by atomic mass is 32.1. The second-order valence-corrected chi connectivity index (χ2v) is 5.79. The van der Waals surface area contributed by atoms with E-state index in [0.717, 1.165) is 37.2 Å². The van der Waals surface area contributed by atoms with Gasteiger partial charge in [0.1, 0.15) is 4.99 Å². The summed E-state index contributed by atoms with van der Waals surface area (Å²) in [6.45, 7) is 4.39. The molecule has 1 aliphatic heterocycles. The third kappa shape index (κ3) is 3.45. The Morgan fingerprint density at radius 3 is 3.00 bits per heavy atom. The lowest BCUT2D eigenvalue weighted by atomic mass is 9.94. The molecule has 0 saturated carbocycles. The predicted octanol–water partition coefficient (Wildman–Crippen LogP) is 2.23. The van der Waals surface area contributed by atoms with Gasteiger partial charge in [0, 0.05) is 30.9 Å². The van der Waals surface area contributed by atoms with Gasteiger partial charge in [-0.25, -0.2) is 0 Å². The maximum Gasteiger partial charge on any atom is 0.106 e. The Hall–Kier alpha value is -1.13. The van der Waals surface area contributed by atoms with Crippen LogP contribution in [0.15, 0.2) is 18.2 Å². The minimum Gasteiger partial charge on any atom is -0.396 e. The zero-order chi connectivity index (χ0) is 13.8. The van der Waals surface area contributed by atoms with Crippen molar-refractivity contribution in [2.45, 2.75) is 26.2 Å². The molecule has 1 aromatic carbocycles. The van der Waals surface area contributed by atoms with Crippen LogP contribution >= 0.6 is 12.2 Å². The summed E-state index contributed by atoms with van der Waals surface area (Å²) in [6.07, 6.45) is 3.24. The molecule has 4 heteroatoms. The highest BCUT2D eigenvalue weighted by molar-refractivity contribution is 7.80. The first-order valence-corrected chi connectivity index (χ1v) is 7.29. The van der Waals surface area contributed by atoms with Crippen molar-refractivity contribution in [2.75, 3.05) is 24.6 Å². The smallest absolute Gasteiger partial charge is 0.106 e. The quantitative estimate of drug-likeness (QED) is 0.829. The van der Waals surface area contributed by atoms with Gasteiger partial charge in [0.25, 0.3) is 0 Å². The molecule has 1 unspecified atom stereocenters. The van der Waals surface area contributed by atoms with Crippen LogP contribution in [0.3, 0.4) is 0 Å². The number of anilines is 1. The molecule has 1 aromatic rings. The van der Waals surface area contributed by atoms with E-state index in [1.54, 1.807) is 0 Å². The molecule has 104 valence electrons. The SMILES string of the molecule is Cc1ccc(C(N)=S)c(N2CCCC(CCO)C2)c1. The summed E-state index contributed by atoms with van der Waals surface area (Å²) >= 11 is 5.15. The van der Waals surface area contributed by atoms with Gasteiger partial charge in [-0.3, -0.25) is 0 Å². The van der Waals surface area contributed by atoms with Crippen molar-refractivity contribution in [3.05, 3.63) is 29.3 Å². The number of aliphatic hydroxyl groups excluding tert-OH is 1. The number of nitrogens with zero attached hydrogens (tertiary/aromatic N) is 1. The van der Waals surface area contributed by atoms with Crippen molar-refractivity contribution < 1.29 is 5.11 Å². The second kappa shape index (κ2) is 6.35. The Morgan fingerprint density at radius 2 is 2.32 bits per heavy atom. The number of benzene rings is 1. The molecular formula is C15H22N2OS. The minimum absolute atomic E-state index is 0.272. The number of thiocarbonyl (C=S) groups is 1. The van der Waals surface area contributed by atoms with E-state index in [-0.39, 0.29) is 6.61 Å². The molecule has 0 aliphatic carbocycles. The second-order valence-electron chi connectivity index (χ2n) is 5.35. The first-order valence-electron chi connectivity index (χ1n) is 6.88. The highest BCUT2D eigenvalue weighted by Gasteiger charge is 2.22. The van der Waals surface area contributed by atoms with Gasteiger partial charge >= 0.3 is 0 Å². The molecule has 0 bridgehead atoms. The van der Waals surface area contributed by atoms with E-state index in [1.165, 1.54) is 12.0 Å². The Labute approximate surface area is 120 Å². The van der Waals surface area contributed by atoms with Crippen molar-refractivity contribution in [1.29, 1.82) is 0 Å². The number of hydrogen-bond donors (Lipinski definition) is 2. The Kier molecular flexibility index (Phi) is 4.77. The Balaban J connectivity index is 2.24. The summed E-state index contributed by atoms with van der Waals surface area (Å²) in [5.41, 5.74) is 9.16. The van der Waals surface area contributed by atoms with Crippen molar-refractivity contribution >= 4 is 22.9 Å². The first kappa shape index (κ1) is 14.3. The molecule has 0 aromatic heterocycles. The van der Waals surface area contributed by atoms with Crippen LogP contribution in [0.4, 0.5) is 5.69 Å². The lowest BCUT2D eigenvalue weighted by molar-refractivity contribution is 0.244. The van der Waals surface area contributed by atoms with Gasteiger partial charge < -0.3 is 15.7 Å². The van der Waals surface area contributed by atoms with Gasteiger partial charge in [-0.1, -0.05) is 18.3 Å². The predicted molar refractivity (Wildman–Crippen MR) is 83.7 cm³/mol. The van der Waals surface area contributed by atoms with Crippen molar-refractivity contribution in [3.63, 3.8) is 0 Å². The lowest BCUT2D eigenvalue weighted by Crippen LogP contribution is -2.37. The molecule has 1 saturated heterocycles. The van der Waals surface area contributed by atoms with Crippen LogP contribution in [-0.2, 0) is 0 Å². The summed E-state index contributed by atoms with van der Waals surface area (Å²) in [5, 5.41) is 9.10. The zero-order valence-corrected chi connectivity index (χ0v) is 12.2. The van der Waals surface area contributed by atoms with Crippen molar-refractivity contribution in [3.8, 4) is 0 Å². The Morgan fingerprint density at radius 1 is 1.53 bits per heavy atom. The van der Waals surface area contributed by atoms with Gasteiger partial charge in [0.05, 0.1) is 0 Å². The van der Waals surface area contributed by atoms with Crippen LogP contribution in [0.25, 0.3) is 0 Å². The van der Waals surface area contributed by atoms with Crippen LogP contribution in [0.5, 0.6) is 0 Å². The lowest BCUT2D eigenvalue weighted by Gasteiger charge is -2.35. The van der Waals surface area contributed by atoms with E-state index in [9.17, 15) is 0 Å². The average Bonchev–Trinajstić information content (AvgIpc) is 2.39. The molecule has 1 fully saturated rings. The summed E-state index contributed by atoms with van der Waals surface area (Å²) in [7, 11) is 0. The summed E-state index contributed by atoms with van der Waals surface area (Å²) in [4.78, 5) is 2.82. The summed E-state index contributed by atoms with van der Waals surface area (Å²) in [5.74, 6) is 0.568. The molecule has 0 spiro atoms. The highest BCUT2D eigenvalue weighted by Crippen LogP contribution is 2.28. The number of nitrogens with two attached hydrogens (primary N) is 1. The van der Waals surface area contributed by atoms with Gasteiger partial charge in [-0.15, -0.1) is 0 Å². The maximum atomic E-state index is 9.10. The van der Waals surface area contributed by atoms with Crippen LogP contribution in [0.1, 0.15) is 30.4 Å². The van der Waals surface area contributed by atoms with Crippen LogP contribution in [0, 0.1) is 12.8 Å². The molecule has 0 amide bonds. The minimum atomic E-state index is 0.272. The topological polar surface area (TPSA) is 49.5 Å². The van der Waals surface area contributed by atoms with Gasteiger partial charge in [-0.05, 0) is 49.8 Å². The maximum absolute atomic E-state index is 9.10. The summed E-state index contributed by atoms with van der Waals surface area (Å²) in [6, 6.07) is 6.23. The first-order chi connectivity index (χ1) is 9.11. The third-order valence-corrected chi connectivity index (χ3v) is 4.04. The molecule has 1 aliphatic rings. The fraction of sp³-hybridized carbons (Fsp3) is 0.533. The van der Waals surface area contributed by atoms with Gasteiger partial charge in [0.15, 0.2) is 0 Å². The number of rotatable bonds is 4. The molecule has 2 rings (SSSR count). The van der Waals surface area contributed by atoms with E-state index in [2.05, 4.69) is 17.9 Å². The van der Waals surface area contributed by atoms with Crippen LogP contribution in [-0.4, -0.2) is 29.8 Å². The molecule has 3 nitrogen and oxygen atoms in total. The molecule has 1 heterocycles. The number of hydrogen-bond acceptors (Lipinski definition) is 3. The average molecular weight is 278 g/mol. The monoisotopic (exact) mass is 278 g/mol. The number of piperidine rings is 1. The fourth-order valence-electron chi connectivity index (χ4n) is 2.81. The van der Waals surface area contributed by atoms with Crippen LogP contribution < -0.4 is 10.6 Å². The van der Waals surface area contributed by atoms with Gasteiger partial charge in [-0.2, -0.15) is 0 Å². The fourth-order valence-corrected chi connectivity index (χ4v) is 2.99. The Bertz CT molecular complexity index is 459. The van der Waals surface area contributed by atoms with Crippen molar-refractivity contribution in [1.82, 2.24) is 0 Å². The molecule has 1 atom stereocenters. The van der Waals surface area contributed by atoms with Crippen LogP contribution in [0.2, 0.25) is 0 Å². The van der Waals surface area contributed by atoms with E-state index < -0.39 is 0 Å². The normalized spacial score (nSPS) is 19.5. The van der Waals surface area contributed by atoms with E-state index in [0.29, 0.717) is 10.9 Å². The summed E-state index contributed by atoms with van der Waals surface area (Å²) < 4.78 is 0. The standard InChI is InChI=1S/C15H22N2OS/c1-11-4-5-13(15(16)19)14(9-11)17-7-2-3-12(10-17)6-8-18/h4-5,9,12,18H,2-3,6-8,10H2,1H3,(H2,16,19). The van der Waals surface area contributed by atoms with Crippen molar-refractivity contribution in [2.24, 2.45) is 11.7 Å². The largest absolute Gasteiger partial charge is 0.396 e. The molecule has 3 N–H and O–H groups in total. The van der Waals surface area contributed by atoms with E-state index in [4.69, 9.17) is 23.1 Å². The number of aliphatic hydroxyl groups is 1.